The number of carboxylic acids is 1. The van der Waals surface area contributed by atoms with Crippen molar-refractivity contribution in [1.29, 1.82) is 0 Å². The average Bonchev–Trinajstić information content (AvgIpc) is 3.33. The van der Waals surface area contributed by atoms with Crippen molar-refractivity contribution in [2.45, 2.75) is 65.6 Å². The Hall–Kier alpha value is -4.07. The van der Waals surface area contributed by atoms with Gasteiger partial charge in [0, 0.05) is 22.9 Å². The molecule has 37 heavy (non-hydrogen) atoms. The molecule has 2 aromatic carbocycles. The minimum Gasteiger partial charge on any atom is -0.478 e. The van der Waals surface area contributed by atoms with Crippen LogP contribution < -0.4 is 0 Å². The molecule has 0 saturated carbocycles. The van der Waals surface area contributed by atoms with E-state index in [-0.39, 0.29) is 11.3 Å². The molecule has 2 aromatic heterocycles. The molecule has 2 heterocycles. The van der Waals surface area contributed by atoms with Crippen LogP contribution in [-0.4, -0.2) is 43.6 Å². The minimum atomic E-state index is -1.16. The third-order valence-corrected chi connectivity index (χ3v) is 5.91. The van der Waals surface area contributed by atoms with Crippen LogP contribution in [0.2, 0.25) is 0 Å². The van der Waals surface area contributed by atoms with Gasteiger partial charge in [-0.1, -0.05) is 43.3 Å². The number of fused-ring (bicyclic) bond motifs is 2. The fraction of sp³-hybridized carbons (Fsp3) is 0.345. The van der Waals surface area contributed by atoms with Crippen LogP contribution in [0.4, 0.5) is 9.59 Å². The van der Waals surface area contributed by atoms with Crippen LogP contribution in [0.15, 0.2) is 54.7 Å². The van der Waals surface area contributed by atoms with E-state index in [4.69, 9.17) is 9.47 Å². The van der Waals surface area contributed by atoms with Crippen molar-refractivity contribution < 1.29 is 29.0 Å². The fourth-order valence-electron chi connectivity index (χ4n) is 4.56. The summed E-state index contributed by atoms with van der Waals surface area (Å²) < 4.78 is 14.1. The average molecular weight is 505 g/mol. The second-order valence-electron chi connectivity index (χ2n) is 11.1. The summed E-state index contributed by atoms with van der Waals surface area (Å²) in [5.41, 5.74) is 0.532. The van der Waals surface area contributed by atoms with Crippen LogP contribution in [0.25, 0.3) is 21.8 Å². The normalized spacial score (nSPS) is 13.1. The molecule has 0 amide bonds. The Morgan fingerprint density at radius 1 is 0.784 bits per heavy atom. The summed E-state index contributed by atoms with van der Waals surface area (Å²) in [6.45, 7) is 12.5. The predicted octanol–water partition coefficient (Wildman–Crippen LogP) is 7.01. The third kappa shape index (κ3) is 4.96. The quantitative estimate of drug-likeness (QED) is 0.322. The summed E-state index contributed by atoms with van der Waals surface area (Å²) >= 11 is 0. The lowest BCUT2D eigenvalue weighted by atomic mass is 9.94. The zero-order valence-electron chi connectivity index (χ0n) is 22.2. The van der Waals surface area contributed by atoms with E-state index in [0.29, 0.717) is 22.0 Å². The van der Waals surface area contributed by atoms with E-state index in [1.807, 2.05) is 25.1 Å². The van der Waals surface area contributed by atoms with Crippen LogP contribution in [0.5, 0.6) is 0 Å². The molecule has 0 fully saturated rings. The van der Waals surface area contributed by atoms with Crippen molar-refractivity contribution in [3.63, 3.8) is 0 Å². The zero-order chi connectivity index (χ0) is 27.3. The van der Waals surface area contributed by atoms with Crippen LogP contribution in [0.3, 0.4) is 0 Å². The Morgan fingerprint density at radius 2 is 1.30 bits per heavy atom. The Labute approximate surface area is 215 Å². The molecule has 4 aromatic rings. The molecular weight excluding hydrogens is 472 g/mol. The maximum absolute atomic E-state index is 13.5. The van der Waals surface area contributed by atoms with Crippen LogP contribution >= 0.6 is 0 Å². The summed E-state index contributed by atoms with van der Waals surface area (Å²) in [4.78, 5) is 39.1. The summed E-state index contributed by atoms with van der Waals surface area (Å²) in [6.07, 6.45) is 0.439. The molecule has 0 aliphatic rings. The first-order valence-electron chi connectivity index (χ1n) is 12.1. The minimum absolute atomic E-state index is 0.0167. The molecule has 1 N–H and O–H groups in total. The lowest BCUT2D eigenvalue weighted by molar-refractivity contribution is 0.0528. The Morgan fingerprint density at radius 3 is 1.86 bits per heavy atom. The highest BCUT2D eigenvalue weighted by Crippen LogP contribution is 2.38. The smallest absolute Gasteiger partial charge is 0.419 e. The van der Waals surface area contributed by atoms with Crippen molar-refractivity contribution in [3.05, 3.63) is 71.5 Å². The Bertz CT molecular complexity index is 1530. The van der Waals surface area contributed by atoms with E-state index in [2.05, 4.69) is 0 Å². The van der Waals surface area contributed by atoms with Crippen molar-refractivity contribution in [2.24, 2.45) is 0 Å². The molecule has 0 spiro atoms. The summed E-state index contributed by atoms with van der Waals surface area (Å²) in [5, 5.41) is 11.5. The number of benzene rings is 2. The Kier molecular flexibility index (Phi) is 6.40. The number of para-hydroxylation sites is 2. The van der Waals surface area contributed by atoms with Crippen molar-refractivity contribution in [3.8, 4) is 0 Å². The standard InChI is InChI=1S/C29H32N2O6/c1-17(20-16-30(26(34)36-28(2,3)4)21-14-10-8-12-18(20)21)24-23(25(32)33)19-13-9-11-15-22(19)31(24)27(35)37-29(5,6)7/h8-17H,1-7H3,(H,32,33). The number of carboxylic acid groups (broad SMARTS) is 1. The predicted molar refractivity (Wildman–Crippen MR) is 142 cm³/mol. The van der Waals surface area contributed by atoms with Gasteiger partial charge in [0.05, 0.1) is 22.3 Å². The van der Waals surface area contributed by atoms with E-state index in [1.165, 1.54) is 9.13 Å². The number of carbonyl (C=O) groups is 3. The van der Waals surface area contributed by atoms with Gasteiger partial charge < -0.3 is 14.6 Å². The molecule has 194 valence electrons. The highest BCUT2D eigenvalue weighted by molar-refractivity contribution is 6.08. The monoisotopic (exact) mass is 504 g/mol. The molecule has 0 aliphatic heterocycles. The van der Waals surface area contributed by atoms with Gasteiger partial charge in [-0.15, -0.1) is 0 Å². The number of aromatic nitrogens is 2. The van der Waals surface area contributed by atoms with Gasteiger partial charge in [0.25, 0.3) is 0 Å². The molecule has 8 heteroatoms. The molecule has 0 radical (unpaired) electrons. The van der Waals surface area contributed by atoms with Crippen molar-refractivity contribution in [1.82, 2.24) is 9.13 Å². The number of carbonyl (C=O) groups excluding carboxylic acids is 2. The van der Waals surface area contributed by atoms with E-state index in [9.17, 15) is 19.5 Å². The number of rotatable bonds is 3. The first-order chi connectivity index (χ1) is 17.2. The maximum Gasteiger partial charge on any atom is 0.419 e. The molecule has 0 saturated heterocycles. The molecule has 0 aliphatic carbocycles. The highest BCUT2D eigenvalue weighted by atomic mass is 16.6. The van der Waals surface area contributed by atoms with E-state index in [0.717, 1.165) is 5.39 Å². The van der Waals surface area contributed by atoms with Crippen molar-refractivity contribution >= 4 is 40.0 Å². The van der Waals surface area contributed by atoms with Gasteiger partial charge in [0.2, 0.25) is 0 Å². The molecular formula is C29H32N2O6. The van der Waals surface area contributed by atoms with E-state index >= 15 is 0 Å². The van der Waals surface area contributed by atoms with Gasteiger partial charge in [-0.3, -0.25) is 4.57 Å². The first kappa shape index (κ1) is 26.0. The third-order valence-electron chi connectivity index (χ3n) is 5.91. The van der Waals surface area contributed by atoms with Crippen LogP contribution in [0.1, 0.15) is 76.0 Å². The lowest BCUT2D eigenvalue weighted by Crippen LogP contribution is -2.29. The van der Waals surface area contributed by atoms with E-state index in [1.54, 1.807) is 78.1 Å². The van der Waals surface area contributed by atoms with E-state index < -0.39 is 35.3 Å². The Balaban J connectivity index is 1.99. The van der Waals surface area contributed by atoms with Crippen LogP contribution in [0, 0.1) is 0 Å². The number of aromatic carboxylic acids is 1. The van der Waals surface area contributed by atoms with Gasteiger partial charge in [-0.2, -0.15) is 0 Å². The van der Waals surface area contributed by atoms with Gasteiger partial charge >= 0.3 is 18.2 Å². The SMILES string of the molecule is CC(c1cn(C(=O)OC(C)(C)C)c2ccccc12)c1c(C(=O)O)c2ccccc2n1C(=O)OC(C)(C)C. The van der Waals surface area contributed by atoms with Gasteiger partial charge in [0.1, 0.15) is 11.2 Å². The van der Waals surface area contributed by atoms with Gasteiger partial charge in [-0.25, -0.2) is 19.0 Å². The van der Waals surface area contributed by atoms with Gasteiger partial charge in [0.15, 0.2) is 0 Å². The molecule has 1 unspecified atom stereocenters. The van der Waals surface area contributed by atoms with Crippen molar-refractivity contribution in [2.75, 3.05) is 0 Å². The largest absolute Gasteiger partial charge is 0.478 e. The second kappa shape index (κ2) is 9.10. The maximum atomic E-state index is 13.5. The summed E-state index contributed by atoms with van der Waals surface area (Å²) in [6, 6.07) is 14.2. The second-order valence-corrected chi connectivity index (χ2v) is 11.1. The fourth-order valence-corrected chi connectivity index (χ4v) is 4.56. The number of hydrogen-bond donors (Lipinski definition) is 1. The highest BCUT2D eigenvalue weighted by Gasteiger charge is 2.33. The first-order valence-corrected chi connectivity index (χ1v) is 12.1. The zero-order valence-corrected chi connectivity index (χ0v) is 22.2. The summed E-state index contributed by atoms with van der Waals surface area (Å²) in [5.74, 6) is -1.75. The summed E-state index contributed by atoms with van der Waals surface area (Å²) in [7, 11) is 0. The van der Waals surface area contributed by atoms with Gasteiger partial charge in [-0.05, 0) is 59.2 Å². The molecule has 8 nitrogen and oxygen atoms in total. The molecule has 4 rings (SSSR count). The molecule has 0 bridgehead atoms. The number of ether oxygens (including phenoxy) is 2. The number of nitrogens with zero attached hydrogens (tertiary/aromatic N) is 2. The lowest BCUT2D eigenvalue weighted by Gasteiger charge is -2.22. The van der Waals surface area contributed by atoms with Crippen LogP contribution in [-0.2, 0) is 9.47 Å². The molecule has 1 atom stereocenters. The topological polar surface area (TPSA) is 99.8 Å². The number of hydrogen-bond acceptors (Lipinski definition) is 5.